The van der Waals surface area contributed by atoms with Gasteiger partial charge < -0.3 is 25.4 Å². The molecule has 1 aromatic heterocycles. The molecular formula is C29H30F4N4O3. The number of anilines is 2. The summed E-state index contributed by atoms with van der Waals surface area (Å²) in [5, 5.41) is 2.53. The molecule has 11 heteroatoms. The average molecular weight is 559 g/mol. The van der Waals surface area contributed by atoms with E-state index in [4.69, 9.17) is 15.2 Å². The topological polar surface area (TPSA) is 89.7 Å². The summed E-state index contributed by atoms with van der Waals surface area (Å²) >= 11 is 0. The fourth-order valence-electron chi connectivity index (χ4n) is 5.31. The molecule has 3 N–H and O–H groups in total. The van der Waals surface area contributed by atoms with Crippen LogP contribution in [0.15, 0.2) is 42.7 Å². The Morgan fingerprint density at radius 2 is 1.73 bits per heavy atom. The van der Waals surface area contributed by atoms with Gasteiger partial charge in [0.15, 0.2) is 0 Å². The van der Waals surface area contributed by atoms with Crippen LogP contribution in [0.3, 0.4) is 0 Å². The lowest BCUT2D eigenvalue weighted by atomic mass is 9.87. The number of halogens is 4. The number of aromatic nitrogens is 1. The predicted molar refractivity (Wildman–Crippen MR) is 142 cm³/mol. The standard InChI is InChI=1S/C29H30F4N4O3/c30-20-4-3-19(27(33)26(20)25-21(31)13-18(14-22(25)32)37-9-11-39-12-10-37)28(38)36-23-15-35-8-5-24(23)40-17-29(16-34)6-1-2-7-29/h3-5,8,13-15H,1-2,6-7,9-12,16-17,34H2,(H,36,38). The van der Waals surface area contributed by atoms with Gasteiger partial charge in [-0.2, -0.15) is 0 Å². The van der Waals surface area contributed by atoms with E-state index in [1.807, 2.05) is 0 Å². The van der Waals surface area contributed by atoms with E-state index in [2.05, 4.69) is 10.3 Å². The Kier molecular flexibility index (Phi) is 8.22. The average Bonchev–Trinajstić information content (AvgIpc) is 3.44. The minimum atomic E-state index is -1.39. The van der Waals surface area contributed by atoms with Gasteiger partial charge in [0.05, 0.1) is 42.7 Å². The number of pyridine rings is 1. The van der Waals surface area contributed by atoms with Crippen molar-refractivity contribution in [1.82, 2.24) is 4.98 Å². The van der Waals surface area contributed by atoms with Crippen LogP contribution in [-0.4, -0.2) is 50.3 Å². The quantitative estimate of drug-likeness (QED) is 0.365. The zero-order valence-corrected chi connectivity index (χ0v) is 21.8. The fraction of sp³-hybridized carbons (Fsp3) is 0.379. The maximum absolute atomic E-state index is 15.6. The van der Waals surface area contributed by atoms with Gasteiger partial charge in [-0.1, -0.05) is 12.8 Å². The molecule has 2 heterocycles. The highest BCUT2D eigenvalue weighted by atomic mass is 19.1. The van der Waals surface area contributed by atoms with E-state index >= 15 is 13.2 Å². The van der Waals surface area contributed by atoms with Gasteiger partial charge in [0.2, 0.25) is 0 Å². The highest BCUT2D eigenvalue weighted by molar-refractivity contribution is 6.06. The second-order valence-corrected chi connectivity index (χ2v) is 10.2. The van der Waals surface area contributed by atoms with Crippen molar-refractivity contribution in [3.05, 3.63) is 71.6 Å². The lowest BCUT2D eigenvalue weighted by Gasteiger charge is -2.29. The molecule has 1 aliphatic heterocycles. The first-order valence-electron chi connectivity index (χ1n) is 13.2. The van der Waals surface area contributed by atoms with E-state index in [1.54, 1.807) is 11.0 Å². The number of carbonyl (C=O) groups is 1. The summed E-state index contributed by atoms with van der Waals surface area (Å²) in [4.78, 5) is 18.8. The van der Waals surface area contributed by atoms with E-state index in [-0.39, 0.29) is 16.8 Å². The predicted octanol–water partition coefficient (Wildman–Crippen LogP) is 5.29. The van der Waals surface area contributed by atoms with E-state index < -0.39 is 45.9 Å². The van der Waals surface area contributed by atoms with Gasteiger partial charge in [0, 0.05) is 43.0 Å². The molecule has 212 valence electrons. The van der Waals surface area contributed by atoms with E-state index in [0.29, 0.717) is 45.2 Å². The van der Waals surface area contributed by atoms with Crippen molar-refractivity contribution in [2.45, 2.75) is 25.7 Å². The number of carbonyl (C=O) groups excluding carboxylic acids is 1. The van der Waals surface area contributed by atoms with Crippen LogP contribution in [0.25, 0.3) is 11.1 Å². The second kappa shape index (κ2) is 11.8. The molecule has 2 aliphatic rings. The third-order valence-electron chi connectivity index (χ3n) is 7.65. The Labute approximate surface area is 229 Å². The number of nitrogens with one attached hydrogen (secondary N) is 1. The maximum atomic E-state index is 15.6. The summed E-state index contributed by atoms with van der Waals surface area (Å²) in [5.74, 6) is -5.56. The Morgan fingerprint density at radius 3 is 2.40 bits per heavy atom. The van der Waals surface area contributed by atoms with Crippen LogP contribution in [0.2, 0.25) is 0 Å². The number of ether oxygens (including phenoxy) is 2. The van der Waals surface area contributed by atoms with Crippen molar-refractivity contribution < 1.29 is 31.8 Å². The van der Waals surface area contributed by atoms with Gasteiger partial charge in [-0.15, -0.1) is 0 Å². The number of hydrogen-bond donors (Lipinski definition) is 2. The van der Waals surface area contributed by atoms with Crippen molar-refractivity contribution in [2.75, 3.05) is 49.7 Å². The molecular weight excluding hydrogens is 528 g/mol. The Morgan fingerprint density at radius 1 is 1.02 bits per heavy atom. The van der Waals surface area contributed by atoms with Crippen LogP contribution in [0.1, 0.15) is 36.0 Å². The maximum Gasteiger partial charge on any atom is 0.258 e. The van der Waals surface area contributed by atoms with Crippen LogP contribution in [0.5, 0.6) is 5.75 Å². The first kappa shape index (κ1) is 27.9. The molecule has 1 aliphatic carbocycles. The van der Waals surface area contributed by atoms with Crippen LogP contribution in [0.4, 0.5) is 28.9 Å². The van der Waals surface area contributed by atoms with Gasteiger partial charge in [-0.3, -0.25) is 9.78 Å². The van der Waals surface area contributed by atoms with Crippen LogP contribution in [-0.2, 0) is 4.74 Å². The highest BCUT2D eigenvalue weighted by Crippen LogP contribution is 2.39. The molecule has 1 amide bonds. The number of morpholine rings is 1. The third-order valence-corrected chi connectivity index (χ3v) is 7.65. The normalized spacial score (nSPS) is 16.7. The number of rotatable bonds is 8. The van der Waals surface area contributed by atoms with Gasteiger partial charge in [0.1, 0.15) is 34.7 Å². The molecule has 40 heavy (non-hydrogen) atoms. The molecule has 5 rings (SSSR count). The first-order chi connectivity index (χ1) is 19.3. The molecule has 3 aromatic rings. The number of amides is 1. The molecule has 1 saturated heterocycles. The molecule has 0 atom stereocenters. The van der Waals surface area contributed by atoms with Gasteiger partial charge >= 0.3 is 0 Å². The van der Waals surface area contributed by atoms with Gasteiger partial charge in [-0.05, 0) is 37.1 Å². The Hall–Kier alpha value is -3.70. The second-order valence-electron chi connectivity index (χ2n) is 10.2. The van der Waals surface area contributed by atoms with Crippen LogP contribution < -0.4 is 20.7 Å². The van der Waals surface area contributed by atoms with Crippen LogP contribution >= 0.6 is 0 Å². The van der Waals surface area contributed by atoms with Crippen LogP contribution in [0, 0.1) is 28.7 Å². The molecule has 2 aromatic carbocycles. The number of nitrogens with two attached hydrogens (primary N) is 1. The molecule has 0 radical (unpaired) electrons. The van der Waals surface area contributed by atoms with Crippen molar-refractivity contribution in [3.63, 3.8) is 0 Å². The molecule has 7 nitrogen and oxygen atoms in total. The van der Waals surface area contributed by atoms with E-state index in [9.17, 15) is 9.18 Å². The lowest BCUT2D eigenvalue weighted by molar-refractivity contribution is 0.102. The summed E-state index contributed by atoms with van der Waals surface area (Å²) in [5.41, 5.74) is 3.76. The zero-order valence-electron chi connectivity index (χ0n) is 21.8. The van der Waals surface area contributed by atoms with Crippen molar-refractivity contribution in [1.29, 1.82) is 0 Å². The molecule has 0 spiro atoms. The fourth-order valence-corrected chi connectivity index (χ4v) is 5.31. The molecule has 0 bridgehead atoms. The number of nitrogens with zero attached hydrogens (tertiary/aromatic N) is 2. The summed E-state index contributed by atoms with van der Waals surface area (Å²) in [6.07, 6.45) is 6.80. The largest absolute Gasteiger partial charge is 0.491 e. The van der Waals surface area contributed by atoms with Gasteiger partial charge in [0.25, 0.3) is 5.91 Å². The summed E-state index contributed by atoms with van der Waals surface area (Å²) in [6, 6.07) is 5.32. The van der Waals surface area contributed by atoms with Crippen molar-refractivity contribution >= 4 is 17.3 Å². The zero-order chi connectivity index (χ0) is 28.3. The molecule has 0 unspecified atom stereocenters. The lowest BCUT2D eigenvalue weighted by Crippen LogP contribution is -2.36. The molecule has 2 fully saturated rings. The van der Waals surface area contributed by atoms with Crippen molar-refractivity contribution in [3.8, 4) is 16.9 Å². The van der Waals surface area contributed by atoms with Gasteiger partial charge in [-0.25, -0.2) is 17.6 Å². The monoisotopic (exact) mass is 558 g/mol. The summed E-state index contributed by atoms with van der Waals surface area (Å²) in [6.45, 7) is 2.42. The minimum absolute atomic E-state index is 0.159. The SMILES string of the molecule is NCC1(COc2ccncc2NC(=O)c2ccc(F)c(-c3c(F)cc(N4CCOCC4)cc3F)c2F)CCCC1. The summed E-state index contributed by atoms with van der Waals surface area (Å²) < 4.78 is 72.0. The number of benzene rings is 2. The van der Waals surface area contributed by atoms with Crippen molar-refractivity contribution in [2.24, 2.45) is 11.1 Å². The third kappa shape index (κ3) is 5.62. The number of hydrogen-bond acceptors (Lipinski definition) is 6. The first-order valence-corrected chi connectivity index (χ1v) is 13.2. The Balaban J connectivity index is 1.41. The smallest absolute Gasteiger partial charge is 0.258 e. The van der Waals surface area contributed by atoms with E-state index in [0.717, 1.165) is 49.9 Å². The Bertz CT molecular complexity index is 1370. The summed E-state index contributed by atoms with van der Waals surface area (Å²) in [7, 11) is 0. The highest BCUT2D eigenvalue weighted by Gasteiger charge is 2.34. The molecule has 1 saturated carbocycles. The minimum Gasteiger partial charge on any atom is -0.491 e. The van der Waals surface area contributed by atoms with E-state index in [1.165, 1.54) is 12.4 Å².